The lowest BCUT2D eigenvalue weighted by atomic mass is 10.1. The Morgan fingerprint density at radius 3 is 2.85 bits per heavy atom. The highest BCUT2D eigenvalue weighted by molar-refractivity contribution is 6.02. The zero-order valence-electron chi connectivity index (χ0n) is 11.1. The van der Waals surface area contributed by atoms with Crippen molar-refractivity contribution in [3.8, 4) is 0 Å². The number of carboxylic acids is 1. The molecule has 0 unspecified atom stereocenters. The number of hydrogen-bond acceptors (Lipinski definition) is 4. The number of rotatable bonds is 3. The Morgan fingerprint density at radius 2 is 2.10 bits per heavy atom. The second-order valence-electron chi connectivity index (χ2n) is 4.90. The smallest absolute Gasteiger partial charge is 0.336 e. The van der Waals surface area contributed by atoms with Crippen molar-refractivity contribution in [1.29, 1.82) is 0 Å². The number of carbonyl (C=O) groups is 1. The van der Waals surface area contributed by atoms with Gasteiger partial charge in [-0.1, -0.05) is 6.07 Å². The van der Waals surface area contributed by atoms with Gasteiger partial charge < -0.3 is 9.84 Å². The molecule has 5 nitrogen and oxygen atoms in total. The minimum atomic E-state index is -0.916. The Bertz CT molecular complexity index is 636. The van der Waals surface area contributed by atoms with E-state index in [0.29, 0.717) is 10.9 Å². The molecule has 1 saturated heterocycles. The van der Waals surface area contributed by atoms with E-state index in [9.17, 15) is 9.90 Å². The molecule has 3 rings (SSSR count). The molecule has 104 valence electrons. The monoisotopic (exact) mass is 272 g/mol. The fraction of sp³-hybridized carbons (Fsp3) is 0.333. The average Bonchev–Trinajstić information content (AvgIpc) is 2.47. The third-order valence-electron chi connectivity index (χ3n) is 3.55. The van der Waals surface area contributed by atoms with E-state index >= 15 is 0 Å². The number of pyridine rings is 1. The normalized spacial score (nSPS) is 16.4. The molecule has 0 amide bonds. The molecule has 5 heteroatoms. The van der Waals surface area contributed by atoms with E-state index in [-0.39, 0.29) is 0 Å². The van der Waals surface area contributed by atoms with Crippen molar-refractivity contribution in [3.05, 3.63) is 41.6 Å². The highest BCUT2D eigenvalue weighted by Gasteiger charge is 2.13. The van der Waals surface area contributed by atoms with E-state index in [4.69, 9.17) is 4.74 Å². The van der Waals surface area contributed by atoms with E-state index < -0.39 is 5.97 Å². The van der Waals surface area contributed by atoms with Crippen molar-refractivity contribution in [1.82, 2.24) is 9.88 Å². The van der Waals surface area contributed by atoms with Crippen molar-refractivity contribution in [2.75, 3.05) is 26.3 Å². The Kier molecular flexibility index (Phi) is 3.62. The first-order valence-corrected chi connectivity index (χ1v) is 6.65. The lowest BCUT2D eigenvalue weighted by Crippen LogP contribution is -2.35. The number of aromatic carboxylic acids is 1. The fourth-order valence-electron chi connectivity index (χ4n) is 2.50. The zero-order valence-corrected chi connectivity index (χ0v) is 11.1. The van der Waals surface area contributed by atoms with Gasteiger partial charge in [-0.2, -0.15) is 0 Å². The van der Waals surface area contributed by atoms with Crippen LogP contribution in [0, 0.1) is 0 Å². The van der Waals surface area contributed by atoms with Gasteiger partial charge >= 0.3 is 5.97 Å². The standard InChI is InChI=1S/C15H16N2O3/c18-15(19)12-3-4-16-14-2-1-11(9-13(12)14)10-17-5-7-20-8-6-17/h1-4,9H,5-8,10H2,(H,18,19). The molecule has 1 fully saturated rings. The Hall–Kier alpha value is -1.98. The molecule has 20 heavy (non-hydrogen) atoms. The minimum Gasteiger partial charge on any atom is -0.478 e. The summed E-state index contributed by atoms with van der Waals surface area (Å²) in [5, 5.41) is 9.94. The summed E-state index contributed by atoms with van der Waals surface area (Å²) in [5.74, 6) is -0.916. The van der Waals surface area contributed by atoms with E-state index in [2.05, 4.69) is 9.88 Å². The molecule has 0 atom stereocenters. The second kappa shape index (κ2) is 5.56. The van der Waals surface area contributed by atoms with Crippen LogP contribution in [0.25, 0.3) is 10.9 Å². The average molecular weight is 272 g/mol. The van der Waals surface area contributed by atoms with Crippen LogP contribution in [0.15, 0.2) is 30.5 Å². The topological polar surface area (TPSA) is 62.7 Å². The van der Waals surface area contributed by atoms with Crippen LogP contribution in [0.4, 0.5) is 0 Å². The number of nitrogens with zero attached hydrogens (tertiary/aromatic N) is 2. The molecule has 2 heterocycles. The van der Waals surface area contributed by atoms with Gasteiger partial charge in [0.15, 0.2) is 0 Å². The van der Waals surface area contributed by atoms with Crippen LogP contribution in [0.5, 0.6) is 0 Å². The van der Waals surface area contributed by atoms with Gasteiger partial charge in [0, 0.05) is 31.2 Å². The van der Waals surface area contributed by atoms with Crippen LogP contribution in [-0.4, -0.2) is 47.3 Å². The fourth-order valence-corrected chi connectivity index (χ4v) is 2.50. The Morgan fingerprint density at radius 1 is 1.30 bits per heavy atom. The lowest BCUT2D eigenvalue weighted by molar-refractivity contribution is 0.0342. The Labute approximate surface area is 116 Å². The quantitative estimate of drug-likeness (QED) is 0.922. The summed E-state index contributed by atoms with van der Waals surface area (Å²) < 4.78 is 5.33. The third kappa shape index (κ3) is 2.64. The predicted octanol–water partition coefficient (Wildman–Crippen LogP) is 1.77. The van der Waals surface area contributed by atoms with E-state index in [1.165, 1.54) is 6.20 Å². The number of benzene rings is 1. The van der Waals surface area contributed by atoms with Crippen LogP contribution in [-0.2, 0) is 11.3 Å². The molecule has 0 aliphatic carbocycles. The maximum atomic E-state index is 11.3. The van der Waals surface area contributed by atoms with Gasteiger partial charge in [-0.15, -0.1) is 0 Å². The number of morpholine rings is 1. The summed E-state index contributed by atoms with van der Waals surface area (Å²) in [6.45, 7) is 4.16. The number of fused-ring (bicyclic) bond motifs is 1. The first kappa shape index (κ1) is 13.0. The number of carboxylic acid groups (broad SMARTS) is 1. The van der Waals surface area contributed by atoms with Gasteiger partial charge in [-0.05, 0) is 23.8 Å². The van der Waals surface area contributed by atoms with Gasteiger partial charge in [0.25, 0.3) is 0 Å². The van der Waals surface area contributed by atoms with Crippen molar-refractivity contribution < 1.29 is 14.6 Å². The van der Waals surface area contributed by atoms with Crippen LogP contribution in [0.1, 0.15) is 15.9 Å². The second-order valence-corrected chi connectivity index (χ2v) is 4.90. The molecule has 2 aromatic rings. The van der Waals surface area contributed by atoms with Crippen LogP contribution in [0.3, 0.4) is 0 Å². The molecule has 0 spiro atoms. The van der Waals surface area contributed by atoms with Crippen LogP contribution >= 0.6 is 0 Å². The third-order valence-corrected chi connectivity index (χ3v) is 3.55. The van der Waals surface area contributed by atoms with Gasteiger partial charge in [0.2, 0.25) is 0 Å². The first-order valence-electron chi connectivity index (χ1n) is 6.65. The number of ether oxygens (including phenoxy) is 1. The molecular weight excluding hydrogens is 256 g/mol. The molecular formula is C15H16N2O3. The number of aromatic nitrogens is 1. The van der Waals surface area contributed by atoms with Crippen LogP contribution < -0.4 is 0 Å². The van der Waals surface area contributed by atoms with Crippen molar-refractivity contribution >= 4 is 16.9 Å². The summed E-state index contributed by atoms with van der Waals surface area (Å²) >= 11 is 0. The summed E-state index contributed by atoms with van der Waals surface area (Å²) in [7, 11) is 0. The molecule has 1 aliphatic heterocycles. The highest BCUT2D eigenvalue weighted by atomic mass is 16.5. The lowest BCUT2D eigenvalue weighted by Gasteiger charge is -2.26. The summed E-state index contributed by atoms with van der Waals surface area (Å²) in [6.07, 6.45) is 1.54. The highest BCUT2D eigenvalue weighted by Crippen LogP contribution is 2.19. The van der Waals surface area contributed by atoms with Crippen molar-refractivity contribution in [2.24, 2.45) is 0 Å². The molecule has 1 N–H and O–H groups in total. The maximum Gasteiger partial charge on any atom is 0.336 e. The van der Waals surface area contributed by atoms with Gasteiger partial charge in [-0.25, -0.2) is 4.79 Å². The minimum absolute atomic E-state index is 0.304. The largest absolute Gasteiger partial charge is 0.478 e. The van der Waals surface area contributed by atoms with Gasteiger partial charge in [-0.3, -0.25) is 9.88 Å². The molecule has 0 saturated carbocycles. The van der Waals surface area contributed by atoms with Crippen molar-refractivity contribution in [2.45, 2.75) is 6.54 Å². The van der Waals surface area contributed by atoms with Crippen molar-refractivity contribution in [3.63, 3.8) is 0 Å². The molecule has 1 aromatic heterocycles. The zero-order chi connectivity index (χ0) is 13.9. The SMILES string of the molecule is O=C(O)c1ccnc2ccc(CN3CCOCC3)cc12. The maximum absolute atomic E-state index is 11.3. The summed E-state index contributed by atoms with van der Waals surface area (Å²) in [5.41, 5.74) is 2.13. The Balaban J connectivity index is 1.92. The first-order chi connectivity index (χ1) is 9.74. The van der Waals surface area contributed by atoms with E-state index in [1.807, 2.05) is 18.2 Å². The summed E-state index contributed by atoms with van der Waals surface area (Å²) in [4.78, 5) is 17.8. The number of hydrogen-bond donors (Lipinski definition) is 1. The molecule has 0 radical (unpaired) electrons. The van der Waals surface area contributed by atoms with Crippen LogP contribution in [0.2, 0.25) is 0 Å². The molecule has 0 bridgehead atoms. The van der Waals surface area contributed by atoms with Gasteiger partial charge in [0.1, 0.15) is 0 Å². The summed E-state index contributed by atoms with van der Waals surface area (Å²) in [6, 6.07) is 7.37. The van der Waals surface area contributed by atoms with Gasteiger partial charge in [0.05, 0.1) is 24.3 Å². The van der Waals surface area contributed by atoms with E-state index in [0.717, 1.165) is 43.9 Å². The predicted molar refractivity (Wildman–Crippen MR) is 74.8 cm³/mol. The van der Waals surface area contributed by atoms with E-state index in [1.54, 1.807) is 6.07 Å². The molecule has 1 aromatic carbocycles. The molecule has 1 aliphatic rings.